The summed E-state index contributed by atoms with van der Waals surface area (Å²) in [4.78, 5) is 12.3. The molecule has 1 aliphatic carbocycles. The number of nitrogens with one attached hydrogen (secondary N) is 1. The molecule has 0 aliphatic heterocycles. The predicted molar refractivity (Wildman–Crippen MR) is 85.0 cm³/mol. The fraction of sp³-hybridized carbons (Fsp3) is 0.611. The van der Waals surface area contributed by atoms with Crippen LogP contribution in [0.3, 0.4) is 0 Å². The lowest BCUT2D eigenvalue weighted by molar-refractivity contribution is -0.120. The lowest BCUT2D eigenvalue weighted by Gasteiger charge is -2.21. The average Bonchev–Trinajstić information content (AvgIpc) is 2.48. The molecule has 2 rings (SSSR count). The van der Waals surface area contributed by atoms with E-state index in [0.29, 0.717) is 0 Å². The highest BCUT2D eigenvalue weighted by molar-refractivity contribution is 5.92. The highest BCUT2D eigenvalue weighted by Gasteiger charge is 2.21. The minimum atomic E-state index is 0.218. The maximum Gasteiger partial charge on any atom is 0.227 e. The van der Waals surface area contributed by atoms with Crippen LogP contribution in [0.5, 0.6) is 0 Å². The van der Waals surface area contributed by atoms with Crippen LogP contribution in [0.2, 0.25) is 0 Å². The number of hydrogen-bond donors (Lipinski definition) is 1. The molecule has 2 heteroatoms. The maximum absolute atomic E-state index is 12.3. The molecule has 0 aromatic heterocycles. The van der Waals surface area contributed by atoms with E-state index in [0.717, 1.165) is 24.9 Å². The van der Waals surface area contributed by atoms with E-state index in [1.165, 1.54) is 43.2 Å². The maximum atomic E-state index is 12.3. The van der Waals surface area contributed by atoms with E-state index in [2.05, 4.69) is 31.3 Å². The highest BCUT2D eigenvalue weighted by atomic mass is 16.1. The van der Waals surface area contributed by atoms with Gasteiger partial charge in [-0.15, -0.1) is 0 Å². The van der Waals surface area contributed by atoms with Crippen LogP contribution in [0.1, 0.15) is 63.0 Å². The SMILES string of the molecule is CCCCc1cc(NC(=O)C2CCCCC2)ccc1C. The lowest BCUT2D eigenvalue weighted by atomic mass is 9.88. The number of carbonyl (C=O) groups excluding carboxylic acids is 1. The predicted octanol–water partition coefficient (Wildman–Crippen LogP) is 4.86. The first-order valence-corrected chi connectivity index (χ1v) is 8.11. The van der Waals surface area contributed by atoms with Gasteiger partial charge in [0.05, 0.1) is 0 Å². The summed E-state index contributed by atoms with van der Waals surface area (Å²) in [6.07, 6.45) is 9.33. The van der Waals surface area contributed by atoms with Crippen molar-refractivity contribution in [3.8, 4) is 0 Å². The number of aryl methyl sites for hydroxylation is 2. The van der Waals surface area contributed by atoms with Gasteiger partial charge in [0.15, 0.2) is 0 Å². The minimum Gasteiger partial charge on any atom is -0.326 e. The average molecular weight is 273 g/mol. The molecule has 1 aromatic rings. The van der Waals surface area contributed by atoms with Crippen molar-refractivity contribution in [1.29, 1.82) is 0 Å². The quantitative estimate of drug-likeness (QED) is 0.815. The number of carbonyl (C=O) groups is 1. The Hall–Kier alpha value is -1.31. The minimum absolute atomic E-state index is 0.218. The van der Waals surface area contributed by atoms with E-state index in [1.54, 1.807) is 0 Å². The van der Waals surface area contributed by atoms with Crippen LogP contribution < -0.4 is 5.32 Å². The largest absolute Gasteiger partial charge is 0.326 e. The third-order valence-electron chi connectivity index (χ3n) is 4.39. The van der Waals surface area contributed by atoms with Crippen LogP contribution in [0.25, 0.3) is 0 Å². The summed E-state index contributed by atoms with van der Waals surface area (Å²) in [5.41, 5.74) is 3.67. The van der Waals surface area contributed by atoms with Gasteiger partial charge in [-0.2, -0.15) is 0 Å². The summed E-state index contributed by atoms with van der Waals surface area (Å²) in [6.45, 7) is 4.36. The van der Waals surface area contributed by atoms with E-state index in [-0.39, 0.29) is 11.8 Å². The Bertz CT molecular complexity index is 447. The van der Waals surface area contributed by atoms with Crippen LogP contribution in [0, 0.1) is 12.8 Å². The van der Waals surface area contributed by atoms with E-state index in [4.69, 9.17) is 0 Å². The van der Waals surface area contributed by atoms with E-state index >= 15 is 0 Å². The zero-order valence-corrected chi connectivity index (χ0v) is 12.9. The van der Waals surface area contributed by atoms with Gasteiger partial charge in [0, 0.05) is 11.6 Å². The zero-order valence-electron chi connectivity index (χ0n) is 12.9. The third kappa shape index (κ3) is 4.09. The molecule has 1 amide bonds. The summed E-state index contributed by atoms with van der Waals surface area (Å²) in [5, 5.41) is 3.12. The highest BCUT2D eigenvalue weighted by Crippen LogP contribution is 2.25. The molecular formula is C18H27NO. The fourth-order valence-corrected chi connectivity index (χ4v) is 2.99. The first-order chi connectivity index (χ1) is 9.70. The second kappa shape index (κ2) is 7.47. The Kier molecular flexibility index (Phi) is 5.63. The Labute approximate surface area is 123 Å². The van der Waals surface area contributed by atoms with E-state index in [9.17, 15) is 4.79 Å². The number of benzene rings is 1. The molecule has 0 heterocycles. The monoisotopic (exact) mass is 273 g/mol. The molecule has 0 atom stereocenters. The molecule has 20 heavy (non-hydrogen) atoms. The Morgan fingerprint density at radius 2 is 2.00 bits per heavy atom. The van der Waals surface area contributed by atoms with Gasteiger partial charge in [0.1, 0.15) is 0 Å². The Balaban J connectivity index is 1.99. The molecule has 1 N–H and O–H groups in total. The molecule has 0 radical (unpaired) electrons. The van der Waals surface area contributed by atoms with Gasteiger partial charge in [0.25, 0.3) is 0 Å². The smallest absolute Gasteiger partial charge is 0.227 e. The summed E-state index contributed by atoms with van der Waals surface area (Å²) in [6, 6.07) is 6.32. The third-order valence-corrected chi connectivity index (χ3v) is 4.39. The molecule has 0 spiro atoms. The summed E-state index contributed by atoms with van der Waals surface area (Å²) in [7, 11) is 0. The molecule has 1 saturated carbocycles. The normalized spacial score (nSPS) is 16.1. The van der Waals surface area contributed by atoms with Gasteiger partial charge in [-0.1, -0.05) is 38.7 Å². The van der Waals surface area contributed by atoms with Gasteiger partial charge in [-0.05, 0) is 55.9 Å². The number of unbranched alkanes of at least 4 members (excludes halogenated alkanes) is 1. The molecule has 0 saturated heterocycles. The molecular weight excluding hydrogens is 246 g/mol. The molecule has 0 bridgehead atoms. The van der Waals surface area contributed by atoms with Gasteiger partial charge in [0.2, 0.25) is 5.91 Å². The summed E-state index contributed by atoms with van der Waals surface area (Å²) < 4.78 is 0. The van der Waals surface area contributed by atoms with Crippen LogP contribution in [0.15, 0.2) is 18.2 Å². The van der Waals surface area contributed by atoms with Crippen molar-refractivity contribution in [2.24, 2.45) is 5.92 Å². The van der Waals surface area contributed by atoms with Crippen LogP contribution in [0.4, 0.5) is 5.69 Å². The summed E-state index contributed by atoms with van der Waals surface area (Å²) >= 11 is 0. The van der Waals surface area contributed by atoms with Crippen molar-refractivity contribution in [2.75, 3.05) is 5.32 Å². The van der Waals surface area contributed by atoms with Gasteiger partial charge >= 0.3 is 0 Å². The lowest BCUT2D eigenvalue weighted by Crippen LogP contribution is -2.24. The first-order valence-electron chi connectivity index (χ1n) is 8.11. The van der Waals surface area contributed by atoms with E-state index < -0.39 is 0 Å². The Morgan fingerprint density at radius 1 is 1.25 bits per heavy atom. The van der Waals surface area contributed by atoms with Crippen molar-refractivity contribution in [2.45, 2.75) is 65.2 Å². The molecule has 1 aliphatic rings. The molecule has 2 nitrogen and oxygen atoms in total. The van der Waals surface area contributed by atoms with Crippen LogP contribution in [-0.2, 0) is 11.2 Å². The Morgan fingerprint density at radius 3 is 2.70 bits per heavy atom. The zero-order chi connectivity index (χ0) is 14.4. The van der Waals surface area contributed by atoms with E-state index in [1.807, 2.05) is 6.07 Å². The molecule has 0 unspecified atom stereocenters. The molecule has 1 fully saturated rings. The fourth-order valence-electron chi connectivity index (χ4n) is 2.99. The summed E-state index contributed by atoms with van der Waals surface area (Å²) in [5.74, 6) is 0.444. The number of hydrogen-bond acceptors (Lipinski definition) is 1. The van der Waals surface area contributed by atoms with Gasteiger partial charge in [-0.3, -0.25) is 4.79 Å². The topological polar surface area (TPSA) is 29.1 Å². The van der Waals surface area contributed by atoms with Gasteiger partial charge in [-0.25, -0.2) is 0 Å². The molecule has 1 aromatic carbocycles. The second-order valence-electron chi connectivity index (χ2n) is 6.07. The van der Waals surface area contributed by atoms with Crippen molar-refractivity contribution >= 4 is 11.6 Å². The van der Waals surface area contributed by atoms with Gasteiger partial charge < -0.3 is 5.32 Å². The van der Waals surface area contributed by atoms with Crippen LogP contribution >= 0.6 is 0 Å². The molecule has 110 valence electrons. The van der Waals surface area contributed by atoms with Crippen molar-refractivity contribution < 1.29 is 4.79 Å². The number of amides is 1. The number of anilines is 1. The van der Waals surface area contributed by atoms with Crippen molar-refractivity contribution in [1.82, 2.24) is 0 Å². The second-order valence-corrected chi connectivity index (χ2v) is 6.07. The van der Waals surface area contributed by atoms with Crippen LogP contribution in [-0.4, -0.2) is 5.91 Å². The number of rotatable bonds is 5. The van der Waals surface area contributed by atoms with Crippen molar-refractivity contribution in [3.05, 3.63) is 29.3 Å². The standard InChI is InChI=1S/C18H27NO/c1-3-4-8-16-13-17(12-11-14(16)2)19-18(20)15-9-6-5-7-10-15/h11-13,15H,3-10H2,1-2H3,(H,19,20). The first kappa shape index (κ1) is 15.1. The van der Waals surface area contributed by atoms with Crippen molar-refractivity contribution in [3.63, 3.8) is 0 Å².